The number of likely N-dealkylation sites (tertiary alicyclic amines) is 1. The number of halogens is 1. The van der Waals surface area contributed by atoms with E-state index in [1.807, 2.05) is 49.9 Å². The lowest BCUT2D eigenvalue weighted by atomic mass is 9.87. The molecule has 2 aromatic carbocycles. The summed E-state index contributed by atoms with van der Waals surface area (Å²) in [5.74, 6) is 0.427. The van der Waals surface area contributed by atoms with Gasteiger partial charge in [-0.2, -0.15) is 0 Å². The summed E-state index contributed by atoms with van der Waals surface area (Å²) in [5, 5.41) is 3.02. The Labute approximate surface area is 220 Å². The smallest absolute Gasteiger partial charge is 0.261 e. The molecule has 2 aliphatic heterocycles. The van der Waals surface area contributed by atoms with E-state index in [4.69, 9.17) is 4.74 Å². The monoisotopic (exact) mass is 509 g/mol. The number of carbonyl (C=O) groups excluding carboxylic acids is 2. The summed E-state index contributed by atoms with van der Waals surface area (Å²) >= 11 is 0. The summed E-state index contributed by atoms with van der Waals surface area (Å²) in [6.45, 7) is 10.2. The molecule has 1 fully saturated rings. The van der Waals surface area contributed by atoms with Gasteiger partial charge in [-0.15, -0.1) is 0 Å². The van der Waals surface area contributed by atoms with Crippen molar-refractivity contribution in [3.63, 3.8) is 0 Å². The summed E-state index contributed by atoms with van der Waals surface area (Å²) in [7, 11) is 0. The topological polar surface area (TPSA) is 61.9 Å². The molecule has 0 saturated carbocycles. The molecule has 37 heavy (non-hydrogen) atoms. The van der Waals surface area contributed by atoms with Crippen molar-refractivity contribution in [1.29, 1.82) is 0 Å². The number of amides is 2. The maximum Gasteiger partial charge on any atom is 0.261 e. The lowest BCUT2D eigenvalue weighted by molar-refractivity contribution is -0.134. The van der Waals surface area contributed by atoms with Crippen molar-refractivity contribution >= 4 is 11.8 Å². The van der Waals surface area contributed by atoms with Crippen molar-refractivity contribution in [2.75, 3.05) is 32.7 Å². The molecule has 0 aromatic heterocycles. The highest BCUT2D eigenvalue weighted by molar-refractivity contribution is 5.81. The van der Waals surface area contributed by atoms with E-state index in [1.54, 1.807) is 6.07 Å². The van der Waals surface area contributed by atoms with Crippen LogP contribution >= 0.6 is 0 Å². The molecule has 7 heteroatoms. The van der Waals surface area contributed by atoms with E-state index in [0.717, 1.165) is 42.7 Å². The van der Waals surface area contributed by atoms with Crippen molar-refractivity contribution in [1.82, 2.24) is 15.1 Å². The number of nitrogens with one attached hydrogen (secondary N) is 1. The quantitative estimate of drug-likeness (QED) is 0.504. The lowest BCUT2D eigenvalue weighted by Crippen LogP contribution is -2.42. The predicted octanol–water partition coefficient (Wildman–Crippen LogP) is 4.72. The third-order valence-corrected chi connectivity index (χ3v) is 7.28. The molecule has 0 bridgehead atoms. The molecule has 2 aliphatic rings. The maximum atomic E-state index is 14.2. The molecule has 0 radical (unpaired) electrons. The first kappa shape index (κ1) is 27.1. The van der Waals surface area contributed by atoms with Crippen molar-refractivity contribution in [2.24, 2.45) is 5.92 Å². The fourth-order valence-corrected chi connectivity index (χ4v) is 5.38. The molecule has 1 saturated heterocycles. The number of nitrogens with zero attached hydrogens (tertiary/aromatic N) is 2. The number of hydrogen-bond acceptors (Lipinski definition) is 4. The van der Waals surface area contributed by atoms with Gasteiger partial charge in [0.15, 0.2) is 6.10 Å². The Morgan fingerprint density at radius 2 is 1.89 bits per heavy atom. The standard InChI is InChI=1S/C30H40FN3O3/c1-4-27(30(36)32-13-17-33-14-5-6-15-33)37-25-11-10-22-12-16-34(28(35)18-21(2)3)29(26(22)20-25)23-8-7-9-24(31)19-23/h7-11,19-21,27,29H,4-6,12-18H2,1-3H3,(H,32,36)/t27-,29-/m1/s1. The highest BCUT2D eigenvalue weighted by atomic mass is 19.1. The van der Waals surface area contributed by atoms with E-state index in [-0.39, 0.29) is 23.5 Å². The molecule has 2 aromatic rings. The van der Waals surface area contributed by atoms with Gasteiger partial charge in [0.1, 0.15) is 11.6 Å². The Bertz CT molecular complexity index is 1080. The summed E-state index contributed by atoms with van der Waals surface area (Å²) in [6.07, 6.45) is 3.55. The molecule has 2 atom stereocenters. The molecule has 0 spiro atoms. The van der Waals surface area contributed by atoms with E-state index < -0.39 is 12.1 Å². The SMILES string of the molecule is CC[C@@H](Oc1ccc2c(c1)[C@@H](c1cccc(F)c1)N(C(=O)CC(C)C)CC2)C(=O)NCCN1CCCC1. The third kappa shape index (κ3) is 6.89. The van der Waals surface area contributed by atoms with Gasteiger partial charge in [0, 0.05) is 26.1 Å². The van der Waals surface area contributed by atoms with Crippen LogP contribution in [0.1, 0.15) is 69.2 Å². The van der Waals surface area contributed by atoms with Crippen LogP contribution in [0.25, 0.3) is 0 Å². The minimum absolute atomic E-state index is 0.0602. The molecular weight excluding hydrogens is 469 g/mol. The fraction of sp³-hybridized carbons (Fsp3) is 0.533. The van der Waals surface area contributed by atoms with Crippen LogP contribution in [-0.2, 0) is 16.0 Å². The first-order valence-electron chi connectivity index (χ1n) is 13.7. The van der Waals surface area contributed by atoms with Gasteiger partial charge in [0.2, 0.25) is 5.91 Å². The average Bonchev–Trinajstić information content (AvgIpc) is 3.39. The van der Waals surface area contributed by atoms with Gasteiger partial charge >= 0.3 is 0 Å². The zero-order chi connectivity index (χ0) is 26.4. The van der Waals surface area contributed by atoms with Gasteiger partial charge in [-0.3, -0.25) is 9.59 Å². The summed E-state index contributed by atoms with van der Waals surface area (Å²) in [5.41, 5.74) is 2.77. The van der Waals surface area contributed by atoms with Crippen LogP contribution in [0.2, 0.25) is 0 Å². The molecule has 1 N–H and O–H groups in total. The highest BCUT2D eigenvalue weighted by Gasteiger charge is 2.33. The Kier molecular flexibility index (Phi) is 9.19. The molecule has 2 amide bonds. The Morgan fingerprint density at radius 3 is 2.59 bits per heavy atom. The molecular formula is C30H40FN3O3. The lowest BCUT2D eigenvalue weighted by Gasteiger charge is -2.38. The van der Waals surface area contributed by atoms with Crippen molar-refractivity contribution in [3.8, 4) is 5.75 Å². The normalized spacial score (nSPS) is 18.5. The van der Waals surface area contributed by atoms with Crippen LogP contribution in [0.5, 0.6) is 5.75 Å². The van der Waals surface area contributed by atoms with Gasteiger partial charge in [-0.1, -0.05) is 39.0 Å². The molecule has 0 unspecified atom stereocenters. The minimum atomic E-state index is -0.605. The van der Waals surface area contributed by atoms with E-state index >= 15 is 0 Å². The van der Waals surface area contributed by atoms with Crippen molar-refractivity contribution in [2.45, 2.75) is 65.0 Å². The summed E-state index contributed by atoms with van der Waals surface area (Å²) in [4.78, 5) is 30.3. The number of hydrogen-bond donors (Lipinski definition) is 1. The van der Waals surface area contributed by atoms with Crippen molar-refractivity contribution in [3.05, 3.63) is 65.0 Å². The molecule has 6 nitrogen and oxygen atoms in total. The van der Waals surface area contributed by atoms with E-state index in [1.165, 1.54) is 25.0 Å². The van der Waals surface area contributed by atoms with Crippen LogP contribution in [0.15, 0.2) is 42.5 Å². The first-order chi connectivity index (χ1) is 17.9. The molecule has 2 heterocycles. The second kappa shape index (κ2) is 12.5. The largest absolute Gasteiger partial charge is 0.481 e. The van der Waals surface area contributed by atoms with E-state index in [0.29, 0.717) is 31.7 Å². The van der Waals surface area contributed by atoms with Gasteiger partial charge in [0.25, 0.3) is 5.91 Å². The Hall–Kier alpha value is -2.93. The van der Waals surface area contributed by atoms with Crippen LogP contribution in [-0.4, -0.2) is 60.4 Å². The minimum Gasteiger partial charge on any atom is -0.481 e. The summed E-state index contributed by atoms with van der Waals surface area (Å²) < 4.78 is 20.4. The van der Waals surface area contributed by atoms with Crippen LogP contribution in [0.3, 0.4) is 0 Å². The van der Waals surface area contributed by atoms with E-state index in [2.05, 4.69) is 10.2 Å². The van der Waals surface area contributed by atoms with Crippen LogP contribution in [0.4, 0.5) is 4.39 Å². The Balaban J connectivity index is 1.54. The molecule has 4 rings (SSSR count). The number of ether oxygens (including phenoxy) is 1. The first-order valence-corrected chi connectivity index (χ1v) is 13.7. The third-order valence-electron chi connectivity index (χ3n) is 7.28. The van der Waals surface area contributed by atoms with Gasteiger partial charge in [0.05, 0.1) is 6.04 Å². The van der Waals surface area contributed by atoms with E-state index in [9.17, 15) is 14.0 Å². The second-order valence-electron chi connectivity index (χ2n) is 10.6. The fourth-order valence-electron chi connectivity index (χ4n) is 5.38. The number of rotatable bonds is 10. The zero-order valence-corrected chi connectivity index (χ0v) is 22.3. The van der Waals surface area contributed by atoms with Crippen LogP contribution in [0, 0.1) is 11.7 Å². The predicted molar refractivity (Wildman–Crippen MR) is 143 cm³/mol. The number of benzene rings is 2. The van der Waals surface area contributed by atoms with Gasteiger partial charge in [-0.05, 0) is 85.6 Å². The van der Waals surface area contributed by atoms with Gasteiger partial charge in [-0.25, -0.2) is 4.39 Å². The van der Waals surface area contributed by atoms with Crippen molar-refractivity contribution < 1.29 is 18.7 Å². The Morgan fingerprint density at radius 1 is 1.11 bits per heavy atom. The molecule has 200 valence electrons. The highest BCUT2D eigenvalue weighted by Crippen LogP contribution is 2.38. The maximum absolute atomic E-state index is 14.2. The zero-order valence-electron chi connectivity index (χ0n) is 22.3. The summed E-state index contributed by atoms with van der Waals surface area (Å²) in [6, 6.07) is 11.9. The second-order valence-corrected chi connectivity index (χ2v) is 10.6. The average molecular weight is 510 g/mol. The number of carbonyl (C=O) groups is 2. The number of fused-ring (bicyclic) bond motifs is 1. The van der Waals surface area contributed by atoms with Gasteiger partial charge < -0.3 is 19.9 Å². The van der Waals surface area contributed by atoms with Crippen LogP contribution < -0.4 is 10.1 Å². The molecule has 0 aliphatic carbocycles.